The van der Waals surface area contributed by atoms with Crippen LogP contribution in [0.15, 0.2) is 88.8 Å². The molecule has 0 bridgehead atoms. The van der Waals surface area contributed by atoms with Gasteiger partial charge in [-0.3, -0.25) is 4.90 Å². The first-order valence-corrected chi connectivity index (χ1v) is 14.5. The number of benzene rings is 3. The van der Waals surface area contributed by atoms with Crippen molar-refractivity contribution < 1.29 is 46.5 Å². The first-order chi connectivity index (χ1) is 18.8. The summed E-state index contributed by atoms with van der Waals surface area (Å²) in [4.78, 5) is 6.11. The van der Waals surface area contributed by atoms with Gasteiger partial charge in [-0.1, -0.05) is 42.1 Å². The minimum atomic E-state index is 0. The van der Waals surface area contributed by atoms with Crippen molar-refractivity contribution >= 4 is 40.2 Å². The van der Waals surface area contributed by atoms with Crippen molar-refractivity contribution in [3.63, 3.8) is 0 Å². The van der Waals surface area contributed by atoms with Crippen LogP contribution in [0.1, 0.15) is 18.9 Å². The molecule has 1 aromatic heterocycles. The van der Waals surface area contributed by atoms with Crippen LogP contribution in [0.5, 0.6) is 5.75 Å². The Morgan fingerprint density at radius 3 is 2.38 bits per heavy atom. The van der Waals surface area contributed by atoms with Crippen LogP contribution in [0.25, 0.3) is 22.7 Å². The Hall–Kier alpha value is -2.38. The summed E-state index contributed by atoms with van der Waals surface area (Å²) in [6.45, 7) is 5.30. The van der Waals surface area contributed by atoms with Crippen LogP contribution in [0.3, 0.4) is 0 Å². The third-order valence-electron chi connectivity index (χ3n) is 7.30. The Morgan fingerprint density at radius 1 is 0.975 bits per heavy atom. The van der Waals surface area contributed by atoms with E-state index in [1.54, 1.807) is 7.11 Å². The minimum Gasteiger partial charge on any atom is -0.497 e. The minimum absolute atomic E-state index is 0. The van der Waals surface area contributed by atoms with Crippen molar-refractivity contribution in [1.29, 1.82) is 0 Å². The van der Waals surface area contributed by atoms with E-state index >= 15 is 0 Å². The molecule has 1 radical (unpaired) electrons. The van der Waals surface area contributed by atoms with Gasteiger partial charge in [0.25, 0.3) is 5.82 Å². The van der Waals surface area contributed by atoms with Crippen LogP contribution in [-0.4, -0.2) is 59.4 Å². The van der Waals surface area contributed by atoms with Gasteiger partial charge in [0, 0.05) is 68.6 Å². The fourth-order valence-corrected chi connectivity index (χ4v) is 6.33. The number of fused-ring (bicyclic) bond motifs is 2. The Bertz CT molecular complexity index is 1500. The van der Waals surface area contributed by atoms with Crippen molar-refractivity contribution in [3.8, 4) is 11.4 Å². The van der Waals surface area contributed by atoms with Gasteiger partial charge in [-0.15, -0.1) is 0 Å². The monoisotopic (exact) mass is 629 g/mol. The van der Waals surface area contributed by atoms with E-state index in [-0.39, 0.29) is 32.7 Å². The topological polar surface area (TPSA) is 19.6 Å². The van der Waals surface area contributed by atoms with Gasteiger partial charge in [0.2, 0.25) is 0 Å². The largest absolute Gasteiger partial charge is 0.497 e. The fraction of sp³-hybridized carbons (Fsp3) is 0.303. The molecule has 0 N–H and O–H groups in total. The molecule has 40 heavy (non-hydrogen) atoms. The number of para-hydroxylation sites is 2. The van der Waals surface area contributed by atoms with Crippen LogP contribution in [0.2, 0.25) is 0 Å². The molecular weight excluding hydrogens is 589 g/mol. The molecule has 0 aliphatic carbocycles. The normalized spacial score (nSPS) is 13.8. The zero-order valence-corrected chi connectivity index (χ0v) is 28.2. The van der Waals surface area contributed by atoms with Gasteiger partial charge in [0.15, 0.2) is 0 Å². The second-order valence-electron chi connectivity index (χ2n) is 11.1. The molecule has 0 saturated heterocycles. The molecule has 0 amide bonds. The summed E-state index contributed by atoms with van der Waals surface area (Å²) in [5, 5.41) is 2.42. The molecular formula is C33H40N4OSY+2. The summed E-state index contributed by atoms with van der Waals surface area (Å²) in [7, 11) is 10.7. The zero-order valence-electron chi connectivity index (χ0n) is 24.6. The second kappa shape index (κ2) is 13.1. The van der Waals surface area contributed by atoms with E-state index < -0.39 is 0 Å². The van der Waals surface area contributed by atoms with Gasteiger partial charge >= 0.3 is 0 Å². The van der Waals surface area contributed by atoms with E-state index in [2.05, 4.69) is 134 Å². The second-order valence-corrected chi connectivity index (χ2v) is 12.1. The van der Waals surface area contributed by atoms with E-state index in [4.69, 9.17) is 4.74 Å². The number of hydrogen-bond donors (Lipinski definition) is 0. The molecule has 7 heteroatoms. The average molecular weight is 630 g/mol. The number of anilines is 2. The Morgan fingerprint density at radius 2 is 1.70 bits per heavy atom. The average Bonchev–Trinajstić information content (AvgIpc) is 3.25. The number of nitrogens with zero attached hydrogens (tertiary/aromatic N) is 4. The number of thioether (sulfide) groups is 1. The molecule has 0 atom stereocenters. The molecule has 4 aromatic rings. The molecule has 3 aromatic carbocycles. The molecule has 5 rings (SSSR count). The molecule has 0 unspecified atom stereocenters. The van der Waals surface area contributed by atoms with Crippen molar-refractivity contribution in [2.45, 2.75) is 18.2 Å². The number of quaternary nitrogens is 1. The number of pyridine rings is 1. The number of ether oxygens (including phenoxy) is 1. The van der Waals surface area contributed by atoms with Gasteiger partial charge in [-0.25, -0.2) is 0 Å². The molecule has 1 aliphatic heterocycles. The van der Waals surface area contributed by atoms with Crippen LogP contribution in [0.4, 0.5) is 11.5 Å². The summed E-state index contributed by atoms with van der Waals surface area (Å²) >= 11 is 1.83. The molecule has 0 spiro atoms. The summed E-state index contributed by atoms with van der Waals surface area (Å²) in [6, 6.07) is 28.1. The number of rotatable bonds is 9. The maximum atomic E-state index is 5.72. The van der Waals surface area contributed by atoms with E-state index in [0.717, 1.165) is 47.5 Å². The van der Waals surface area contributed by atoms with E-state index in [1.165, 1.54) is 32.4 Å². The molecule has 1 aliphatic rings. The Balaban J connectivity index is 0.00000370. The summed E-state index contributed by atoms with van der Waals surface area (Å²) in [5.41, 5.74) is 4.75. The molecule has 0 saturated carbocycles. The third kappa shape index (κ3) is 6.57. The van der Waals surface area contributed by atoms with Gasteiger partial charge < -0.3 is 14.1 Å². The standard InChI is InChI=1S/C33H40N4OS.Y/c1-7-35(20-13-21-37(3,4)5)32-22-25(23-33-34(2)29-16-11-12-17-31(29)39-33)28-19-18-27(38-6)24-30(28)36(32)26-14-9-8-10-15-26;/h8-12,14-19,22-24H,7,13,20-21H2,1-6H3;/q+2;. The summed E-state index contributed by atoms with van der Waals surface area (Å²) in [5.74, 6) is 2.05. The summed E-state index contributed by atoms with van der Waals surface area (Å²) < 4.78 is 9.08. The first kappa shape index (κ1) is 30.6. The number of methoxy groups -OCH3 is 1. The van der Waals surface area contributed by atoms with Gasteiger partial charge in [0.05, 0.1) is 58.6 Å². The van der Waals surface area contributed by atoms with Gasteiger partial charge in [0.1, 0.15) is 17.0 Å². The van der Waals surface area contributed by atoms with E-state index in [9.17, 15) is 0 Å². The molecule has 2 heterocycles. The Kier molecular flexibility index (Phi) is 9.99. The smallest absolute Gasteiger partial charge is 0.282 e. The first-order valence-electron chi connectivity index (χ1n) is 13.7. The SMILES string of the molecule is CCN(CCC[N+](C)(C)C)c1cc(C=C2Sc3ccccc3N2C)c2ccc(OC)cc2[n+]1-c1ccccc1.[Y]. The third-order valence-corrected chi connectivity index (χ3v) is 8.46. The predicted octanol–water partition coefficient (Wildman–Crippen LogP) is 6.59. The molecule has 0 fully saturated rings. The molecule has 205 valence electrons. The van der Waals surface area contributed by atoms with Crippen molar-refractivity contribution in [2.24, 2.45) is 0 Å². The maximum absolute atomic E-state index is 5.72. The van der Waals surface area contributed by atoms with Crippen LogP contribution >= 0.6 is 11.8 Å². The quantitative estimate of drug-likeness (QED) is 0.154. The maximum Gasteiger partial charge on any atom is 0.282 e. The van der Waals surface area contributed by atoms with Crippen LogP contribution < -0.4 is 19.1 Å². The Labute approximate surface area is 268 Å². The zero-order chi connectivity index (χ0) is 27.6. The van der Waals surface area contributed by atoms with E-state index in [1.807, 2.05) is 11.8 Å². The van der Waals surface area contributed by atoms with Crippen molar-refractivity contribution in [1.82, 2.24) is 0 Å². The van der Waals surface area contributed by atoms with E-state index in [0.29, 0.717) is 0 Å². The van der Waals surface area contributed by atoms with Crippen LogP contribution in [-0.2, 0) is 32.7 Å². The van der Waals surface area contributed by atoms with Crippen LogP contribution in [0, 0.1) is 0 Å². The fourth-order valence-electron chi connectivity index (χ4n) is 5.22. The van der Waals surface area contributed by atoms with Crippen molar-refractivity contribution in [2.75, 3.05) is 64.7 Å². The van der Waals surface area contributed by atoms with Gasteiger partial charge in [-0.05, 0) is 55.0 Å². The molecule has 5 nitrogen and oxygen atoms in total. The van der Waals surface area contributed by atoms with Gasteiger partial charge in [-0.2, -0.15) is 4.57 Å². The number of aromatic nitrogens is 1. The predicted molar refractivity (Wildman–Crippen MR) is 166 cm³/mol. The number of hydrogen-bond acceptors (Lipinski definition) is 4. The van der Waals surface area contributed by atoms with Crippen molar-refractivity contribution in [3.05, 3.63) is 89.5 Å². The summed E-state index contributed by atoms with van der Waals surface area (Å²) in [6.07, 6.45) is 3.46.